The molecule has 0 aromatic carbocycles. The summed E-state index contributed by atoms with van der Waals surface area (Å²) in [5.74, 6) is 1.15. The van der Waals surface area contributed by atoms with Crippen LogP contribution in [0.15, 0.2) is 30.7 Å². The predicted octanol–water partition coefficient (Wildman–Crippen LogP) is -0.345. The number of carbonyl (C=O) groups is 1. The number of piperazine rings is 1. The Labute approximate surface area is 169 Å². The van der Waals surface area contributed by atoms with E-state index in [0.717, 1.165) is 65.0 Å². The second kappa shape index (κ2) is 9.57. The lowest BCUT2D eigenvalue weighted by atomic mass is 10.3. The van der Waals surface area contributed by atoms with Crippen molar-refractivity contribution in [3.63, 3.8) is 0 Å². The van der Waals surface area contributed by atoms with E-state index in [1.54, 1.807) is 24.7 Å². The Balaban J connectivity index is 1.28. The highest BCUT2D eigenvalue weighted by Crippen LogP contribution is 2.14. The monoisotopic (exact) mass is 398 g/mol. The van der Waals surface area contributed by atoms with E-state index in [0.29, 0.717) is 18.2 Å². The van der Waals surface area contributed by atoms with Crippen LogP contribution in [0.5, 0.6) is 0 Å². The van der Waals surface area contributed by atoms with Gasteiger partial charge in [-0.25, -0.2) is 19.9 Å². The van der Waals surface area contributed by atoms with Crippen LogP contribution in [0.1, 0.15) is 10.5 Å². The number of hydrogen-bond donors (Lipinski definition) is 1. The largest absolute Gasteiger partial charge is 0.379 e. The molecule has 2 aliphatic heterocycles. The SMILES string of the molecule is O=C(NCCN1CCOCC1)c1ccnc(N2CCN(c3ncccn3)CC2)n1. The molecule has 2 aromatic rings. The van der Waals surface area contributed by atoms with Gasteiger partial charge in [-0.2, -0.15) is 0 Å². The number of hydrogen-bond acceptors (Lipinski definition) is 9. The van der Waals surface area contributed by atoms with Gasteiger partial charge in [0, 0.05) is 70.9 Å². The Morgan fingerprint density at radius 1 is 0.931 bits per heavy atom. The summed E-state index contributed by atoms with van der Waals surface area (Å²) in [6, 6.07) is 3.46. The maximum absolute atomic E-state index is 12.5. The van der Waals surface area contributed by atoms with Crippen LogP contribution in [-0.2, 0) is 4.74 Å². The highest BCUT2D eigenvalue weighted by atomic mass is 16.5. The van der Waals surface area contributed by atoms with Crippen molar-refractivity contribution in [1.29, 1.82) is 0 Å². The number of rotatable bonds is 6. The zero-order valence-electron chi connectivity index (χ0n) is 16.4. The molecule has 4 heterocycles. The van der Waals surface area contributed by atoms with Gasteiger partial charge in [0.1, 0.15) is 5.69 Å². The van der Waals surface area contributed by atoms with Crippen LogP contribution in [-0.4, -0.2) is 96.3 Å². The fraction of sp³-hybridized carbons (Fsp3) is 0.526. The third-order valence-electron chi connectivity index (χ3n) is 5.09. The number of anilines is 2. The van der Waals surface area contributed by atoms with Crippen LogP contribution in [0.3, 0.4) is 0 Å². The summed E-state index contributed by atoms with van der Waals surface area (Å²) in [4.78, 5) is 36.4. The van der Waals surface area contributed by atoms with Gasteiger partial charge < -0.3 is 19.9 Å². The van der Waals surface area contributed by atoms with Gasteiger partial charge in [0.25, 0.3) is 5.91 Å². The molecular weight excluding hydrogens is 372 g/mol. The minimum Gasteiger partial charge on any atom is -0.379 e. The lowest BCUT2D eigenvalue weighted by molar-refractivity contribution is 0.0383. The highest BCUT2D eigenvalue weighted by molar-refractivity contribution is 5.92. The summed E-state index contributed by atoms with van der Waals surface area (Å²) in [5.41, 5.74) is 0.394. The second-order valence-corrected chi connectivity index (χ2v) is 6.97. The summed E-state index contributed by atoms with van der Waals surface area (Å²) in [6.45, 7) is 7.80. The number of carbonyl (C=O) groups excluding carboxylic acids is 1. The van der Waals surface area contributed by atoms with E-state index in [4.69, 9.17) is 4.74 Å². The first-order chi connectivity index (χ1) is 14.3. The Kier molecular flexibility index (Phi) is 6.42. The minimum absolute atomic E-state index is 0.168. The molecule has 0 bridgehead atoms. The molecule has 1 amide bonds. The number of nitrogens with one attached hydrogen (secondary N) is 1. The quantitative estimate of drug-likeness (QED) is 0.700. The van der Waals surface area contributed by atoms with E-state index in [-0.39, 0.29) is 5.91 Å². The third kappa shape index (κ3) is 5.15. The van der Waals surface area contributed by atoms with Crippen molar-refractivity contribution in [1.82, 2.24) is 30.2 Å². The Bertz CT molecular complexity index is 792. The fourth-order valence-corrected chi connectivity index (χ4v) is 3.43. The Morgan fingerprint density at radius 2 is 1.59 bits per heavy atom. The summed E-state index contributed by atoms with van der Waals surface area (Å²) in [7, 11) is 0. The molecule has 2 fully saturated rings. The zero-order chi connectivity index (χ0) is 19.9. The lowest BCUT2D eigenvalue weighted by Crippen LogP contribution is -2.47. The first kappa shape index (κ1) is 19.5. The molecule has 0 saturated carbocycles. The van der Waals surface area contributed by atoms with E-state index in [9.17, 15) is 4.79 Å². The molecule has 0 unspecified atom stereocenters. The van der Waals surface area contributed by atoms with Crippen LogP contribution < -0.4 is 15.1 Å². The second-order valence-electron chi connectivity index (χ2n) is 6.97. The number of morpholine rings is 1. The molecule has 154 valence electrons. The summed E-state index contributed by atoms with van der Waals surface area (Å²) in [5, 5.41) is 2.95. The standard InChI is InChI=1S/C19H26N8O2/c28-17(20-6-7-25-12-14-29-15-13-25)16-2-5-23-19(24-16)27-10-8-26(9-11-27)18-21-3-1-4-22-18/h1-5H,6-15H2,(H,20,28). The molecule has 10 heteroatoms. The van der Waals surface area contributed by atoms with Gasteiger partial charge in [-0.05, 0) is 12.1 Å². The smallest absolute Gasteiger partial charge is 0.270 e. The van der Waals surface area contributed by atoms with Crippen LogP contribution in [0.25, 0.3) is 0 Å². The molecular formula is C19H26N8O2. The Morgan fingerprint density at radius 3 is 2.31 bits per heavy atom. The highest BCUT2D eigenvalue weighted by Gasteiger charge is 2.21. The summed E-state index contributed by atoms with van der Waals surface area (Å²) in [6.07, 6.45) is 5.14. The van der Waals surface area contributed by atoms with Gasteiger partial charge in [0.2, 0.25) is 11.9 Å². The molecule has 2 aliphatic rings. The molecule has 0 radical (unpaired) electrons. The van der Waals surface area contributed by atoms with Gasteiger partial charge in [-0.3, -0.25) is 9.69 Å². The van der Waals surface area contributed by atoms with Crippen molar-refractivity contribution in [3.8, 4) is 0 Å². The summed E-state index contributed by atoms with van der Waals surface area (Å²) >= 11 is 0. The van der Waals surface area contributed by atoms with Crippen molar-refractivity contribution >= 4 is 17.8 Å². The third-order valence-corrected chi connectivity index (χ3v) is 5.09. The molecule has 10 nitrogen and oxygen atoms in total. The van der Waals surface area contributed by atoms with Crippen LogP contribution in [0, 0.1) is 0 Å². The normalized spacial score (nSPS) is 17.9. The molecule has 0 aliphatic carbocycles. The molecule has 2 saturated heterocycles. The van der Waals surface area contributed by atoms with Gasteiger partial charge >= 0.3 is 0 Å². The van der Waals surface area contributed by atoms with Crippen LogP contribution in [0.2, 0.25) is 0 Å². The minimum atomic E-state index is -0.168. The molecule has 0 spiro atoms. The topological polar surface area (TPSA) is 99.6 Å². The zero-order valence-corrected chi connectivity index (χ0v) is 16.4. The number of ether oxygens (including phenoxy) is 1. The number of aromatic nitrogens is 4. The molecule has 29 heavy (non-hydrogen) atoms. The van der Waals surface area contributed by atoms with E-state index in [1.807, 2.05) is 6.07 Å². The molecule has 4 rings (SSSR count). The average Bonchev–Trinajstić information content (AvgIpc) is 2.80. The first-order valence-electron chi connectivity index (χ1n) is 9.98. The molecule has 2 aromatic heterocycles. The van der Waals surface area contributed by atoms with Crippen molar-refractivity contribution in [3.05, 3.63) is 36.4 Å². The maximum Gasteiger partial charge on any atom is 0.270 e. The van der Waals surface area contributed by atoms with Gasteiger partial charge in [0.05, 0.1) is 13.2 Å². The Hall–Kier alpha value is -2.85. The van der Waals surface area contributed by atoms with E-state index < -0.39 is 0 Å². The van der Waals surface area contributed by atoms with Crippen molar-refractivity contribution < 1.29 is 9.53 Å². The fourth-order valence-electron chi connectivity index (χ4n) is 3.43. The van der Waals surface area contributed by atoms with Crippen molar-refractivity contribution in [2.45, 2.75) is 0 Å². The van der Waals surface area contributed by atoms with Crippen LogP contribution in [0.4, 0.5) is 11.9 Å². The number of amides is 1. The van der Waals surface area contributed by atoms with Crippen LogP contribution >= 0.6 is 0 Å². The summed E-state index contributed by atoms with van der Waals surface area (Å²) < 4.78 is 5.34. The van der Waals surface area contributed by atoms with E-state index in [1.165, 1.54) is 0 Å². The average molecular weight is 398 g/mol. The van der Waals surface area contributed by atoms with Crippen molar-refractivity contribution in [2.75, 3.05) is 75.4 Å². The van der Waals surface area contributed by atoms with E-state index in [2.05, 4.69) is 40.0 Å². The van der Waals surface area contributed by atoms with Crippen molar-refractivity contribution in [2.24, 2.45) is 0 Å². The maximum atomic E-state index is 12.5. The first-order valence-corrected chi connectivity index (χ1v) is 9.98. The van der Waals surface area contributed by atoms with E-state index >= 15 is 0 Å². The molecule has 0 atom stereocenters. The molecule has 1 N–H and O–H groups in total. The lowest BCUT2D eigenvalue weighted by Gasteiger charge is -2.34. The number of nitrogens with zero attached hydrogens (tertiary/aromatic N) is 7. The predicted molar refractivity (Wildman–Crippen MR) is 108 cm³/mol. The van der Waals surface area contributed by atoms with Gasteiger partial charge in [0.15, 0.2) is 0 Å². The van der Waals surface area contributed by atoms with Gasteiger partial charge in [-0.1, -0.05) is 0 Å². The van der Waals surface area contributed by atoms with Gasteiger partial charge in [-0.15, -0.1) is 0 Å².